The molecule has 0 amide bonds. The number of aromatic nitrogens is 1. The highest BCUT2D eigenvalue weighted by Crippen LogP contribution is 2.39. The number of benzene rings is 1. The number of non-ortho nitro benzene ring substituents is 1. The predicted molar refractivity (Wildman–Crippen MR) is 55.6 cm³/mol. The van der Waals surface area contributed by atoms with E-state index in [-0.39, 0.29) is 11.3 Å². The number of nitro benzene ring substituents is 1. The van der Waals surface area contributed by atoms with Crippen molar-refractivity contribution in [3.05, 3.63) is 32.8 Å². The van der Waals surface area contributed by atoms with Crippen LogP contribution < -0.4 is 5.11 Å². The summed E-state index contributed by atoms with van der Waals surface area (Å²) in [6.07, 6.45) is -4.85. The molecule has 0 bridgehead atoms. The van der Waals surface area contributed by atoms with Crippen molar-refractivity contribution in [2.45, 2.75) is 6.18 Å². The molecule has 10 heteroatoms. The van der Waals surface area contributed by atoms with Crippen molar-refractivity contribution >= 4 is 33.2 Å². The van der Waals surface area contributed by atoms with E-state index >= 15 is 0 Å². The number of rotatable bonds is 2. The smallest absolute Gasteiger partial charge is 0.418 e. The number of carboxylic acid groups (broad SMARTS) is 1. The molecule has 0 aliphatic rings. The largest absolute Gasteiger partial charge is 0.542 e. The van der Waals surface area contributed by atoms with E-state index in [0.29, 0.717) is 6.07 Å². The summed E-state index contributed by atoms with van der Waals surface area (Å²) in [4.78, 5) is 23.5. The maximum Gasteiger partial charge on any atom is 0.418 e. The summed E-state index contributed by atoms with van der Waals surface area (Å²) in [6.45, 7) is 0. The van der Waals surface area contributed by atoms with Crippen molar-refractivity contribution in [1.82, 2.24) is 4.98 Å². The Hall–Kier alpha value is -2.23. The lowest BCUT2D eigenvalue weighted by Gasteiger charge is -2.06. The number of fused-ring (bicyclic) bond motifs is 1. The van der Waals surface area contributed by atoms with Crippen LogP contribution in [0.3, 0.4) is 0 Å². The molecule has 0 N–H and O–H groups in total. The molecule has 0 atom stereocenters. The van der Waals surface area contributed by atoms with E-state index in [1.807, 2.05) is 0 Å². The van der Waals surface area contributed by atoms with Crippen LogP contribution in [-0.4, -0.2) is 15.9 Å². The summed E-state index contributed by atoms with van der Waals surface area (Å²) < 4.78 is 37.8. The summed E-state index contributed by atoms with van der Waals surface area (Å²) in [5, 5.41) is 20.5. The van der Waals surface area contributed by atoms with Crippen LogP contribution in [0, 0.1) is 10.1 Å². The predicted octanol–water partition coefficient (Wildman–Crippen LogP) is 1.59. The normalized spacial score (nSPS) is 11.7. The van der Waals surface area contributed by atoms with Gasteiger partial charge in [-0.05, 0) is 0 Å². The first kappa shape index (κ1) is 13.2. The maximum atomic E-state index is 12.8. The van der Waals surface area contributed by atoms with Gasteiger partial charge in [-0.15, -0.1) is 11.3 Å². The lowest BCUT2D eigenvalue weighted by Crippen LogP contribution is -2.21. The molecule has 0 aliphatic carbocycles. The van der Waals surface area contributed by atoms with Crippen molar-refractivity contribution in [3.8, 4) is 0 Å². The minimum Gasteiger partial charge on any atom is -0.542 e. The number of thiazole rings is 1. The van der Waals surface area contributed by atoms with Crippen LogP contribution >= 0.6 is 11.3 Å². The molecule has 2 aromatic rings. The number of carbonyl (C=O) groups is 1. The van der Waals surface area contributed by atoms with Gasteiger partial charge < -0.3 is 9.90 Å². The zero-order chi connectivity index (χ0) is 14.4. The quantitative estimate of drug-likeness (QED) is 0.618. The zero-order valence-corrected chi connectivity index (χ0v) is 9.54. The minimum absolute atomic E-state index is 0.264. The van der Waals surface area contributed by atoms with Gasteiger partial charge in [-0.1, -0.05) is 0 Å². The van der Waals surface area contributed by atoms with Crippen molar-refractivity contribution in [2.24, 2.45) is 0 Å². The van der Waals surface area contributed by atoms with Gasteiger partial charge in [-0.25, -0.2) is 4.98 Å². The molecule has 0 spiro atoms. The average Bonchev–Trinajstić information content (AvgIpc) is 2.69. The number of carbonyl (C=O) groups excluding carboxylic acids is 1. The summed E-state index contributed by atoms with van der Waals surface area (Å²) in [5.74, 6) is -1.74. The number of hydrogen-bond acceptors (Lipinski definition) is 6. The van der Waals surface area contributed by atoms with Gasteiger partial charge in [-0.3, -0.25) is 10.1 Å². The molecule has 19 heavy (non-hydrogen) atoms. The number of alkyl halides is 3. The van der Waals surface area contributed by atoms with Gasteiger partial charge >= 0.3 is 6.18 Å². The second kappa shape index (κ2) is 4.16. The van der Waals surface area contributed by atoms with Crippen LogP contribution in [-0.2, 0) is 6.18 Å². The lowest BCUT2D eigenvalue weighted by atomic mass is 10.2. The fourth-order valence-corrected chi connectivity index (χ4v) is 2.34. The number of carboxylic acids is 1. The van der Waals surface area contributed by atoms with Crippen LogP contribution in [0.5, 0.6) is 0 Å². The van der Waals surface area contributed by atoms with E-state index in [0.717, 1.165) is 6.07 Å². The first-order chi connectivity index (χ1) is 8.70. The number of nitro groups is 1. The van der Waals surface area contributed by atoms with E-state index in [2.05, 4.69) is 4.98 Å². The fourth-order valence-electron chi connectivity index (χ4n) is 1.42. The molecule has 0 fully saturated rings. The molecule has 0 unspecified atom stereocenters. The molecule has 6 nitrogen and oxygen atoms in total. The van der Waals surface area contributed by atoms with E-state index in [1.54, 1.807) is 0 Å². The highest BCUT2D eigenvalue weighted by molar-refractivity contribution is 7.20. The molecule has 100 valence electrons. The molecule has 1 heterocycles. The maximum absolute atomic E-state index is 12.8. The average molecular weight is 291 g/mol. The van der Waals surface area contributed by atoms with E-state index in [1.165, 1.54) is 0 Å². The number of nitrogens with zero attached hydrogens (tertiary/aromatic N) is 2. The van der Waals surface area contributed by atoms with Gasteiger partial charge in [0.05, 0.1) is 20.7 Å². The summed E-state index contributed by atoms with van der Waals surface area (Å²) in [7, 11) is 0. The number of halogens is 3. The number of aromatic carboxylic acids is 1. The van der Waals surface area contributed by atoms with Gasteiger partial charge in [0, 0.05) is 12.1 Å². The second-order valence-electron chi connectivity index (χ2n) is 3.40. The van der Waals surface area contributed by atoms with Gasteiger partial charge in [0.15, 0.2) is 0 Å². The molecule has 1 aromatic carbocycles. The summed E-state index contributed by atoms with van der Waals surface area (Å²) in [5.41, 5.74) is -2.50. The van der Waals surface area contributed by atoms with Gasteiger partial charge in [-0.2, -0.15) is 13.2 Å². The van der Waals surface area contributed by atoms with Crippen LogP contribution in [0.15, 0.2) is 12.1 Å². The molecule has 0 saturated heterocycles. The van der Waals surface area contributed by atoms with E-state index < -0.39 is 43.5 Å². The Morgan fingerprint density at radius 2 is 2.00 bits per heavy atom. The Labute approximate surface area is 106 Å². The van der Waals surface area contributed by atoms with Crippen molar-refractivity contribution < 1.29 is 28.0 Å². The lowest BCUT2D eigenvalue weighted by molar-refractivity contribution is -0.385. The second-order valence-corrected chi connectivity index (χ2v) is 4.40. The Morgan fingerprint density at radius 3 is 2.47 bits per heavy atom. The SMILES string of the molecule is O=C([O-])c1nc2cc([N+](=O)[O-])cc(C(F)(F)F)c2s1. The molecule has 2 rings (SSSR count). The topological polar surface area (TPSA) is 96.2 Å². The number of hydrogen-bond donors (Lipinski definition) is 0. The molecule has 0 radical (unpaired) electrons. The monoisotopic (exact) mass is 291 g/mol. The molecule has 0 saturated carbocycles. The van der Waals surface area contributed by atoms with E-state index in [4.69, 9.17) is 0 Å². The molecule has 1 aromatic heterocycles. The Bertz CT molecular complexity index is 695. The van der Waals surface area contributed by atoms with Crippen molar-refractivity contribution in [3.63, 3.8) is 0 Å². The van der Waals surface area contributed by atoms with Crippen molar-refractivity contribution in [1.29, 1.82) is 0 Å². The van der Waals surface area contributed by atoms with Gasteiger partial charge in [0.25, 0.3) is 5.69 Å². The molecular weight excluding hydrogens is 289 g/mol. The Morgan fingerprint density at radius 1 is 1.37 bits per heavy atom. The minimum atomic E-state index is -4.85. The van der Waals surface area contributed by atoms with Gasteiger partial charge in [0.1, 0.15) is 11.0 Å². The van der Waals surface area contributed by atoms with E-state index in [9.17, 15) is 33.2 Å². The third-order valence-corrected chi connectivity index (χ3v) is 3.25. The first-order valence-electron chi connectivity index (χ1n) is 4.57. The first-order valence-corrected chi connectivity index (χ1v) is 5.39. The van der Waals surface area contributed by atoms with Gasteiger partial charge in [0.2, 0.25) is 0 Å². The summed E-state index contributed by atoms with van der Waals surface area (Å²) >= 11 is 0.264. The van der Waals surface area contributed by atoms with Crippen LogP contribution in [0.2, 0.25) is 0 Å². The Kier molecular flexibility index (Phi) is 2.89. The third kappa shape index (κ3) is 2.34. The molecule has 0 aliphatic heterocycles. The third-order valence-electron chi connectivity index (χ3n) is 2.17. The van der Waals surface area contributed by atoms with Crippen LogP contribution in [0.1, 0.15) is 15.4 Å². The highest BCUT2D eigenvalue weighted by Gasteiger charge is 2.36. The van der Waals surface area contributed by atoms with Crippen LogP contribution in [0.4, 0.5) is 18.9 Å². The highest BCUT2D eigenvalue weighted by atomic mass is 32.1. The molecular formula is C9H2F3N2O4S-. The standard InChI is InChI=1S/C9H3F3N2O4S/c10-9(11,12)4-1-3(14(17)18)2-5-6(4)19-7(13-5)8(15)16/h1-2H,(H,15,16)/p-1. The Balaban J connectivity index is 2.82. The fraction of sp³-hybridized carbons (Fsp3) is 0.111. The van der Waals surface area contributed by atoms with Crippen LogP contribution in [0.25, 0.3) is 10.2 Å². The summed E-state index contributed by atoms with van der Waals surface area (Å²) in [6, 6.07) is 1.13. The van der Waals surface area contributed by atoms with Crippen molar-refractivity contribution in [2.75, 3.05) is 0 Å². The zero-order valence-electron chi connectivity index (χ0n) is 8.72.